The number of likely N-dealkylation sites (tertiary alicyclic amines) is 1. The minimum absolute atomic E-state index is 0.278. The van der Waals surface area contributed by atoms with E-state index in [4.69, 9.17) is 4.98 Å². The van der Waals surface area contributed by atoms with Crippen LogP contribution in [-0.4, -0.2) is 42.0 Å². The van der Waals surface area contributed by atoms with E-state index in [2.05, 4.69) is 67.2 Å². The second kappa shape index (κ2) is 10.8. The number of piperidine rings is 1. The van der Waals surface area contributed by atoms with Crippen LogP contribution in [0.5, 0.6) is 0 Å². The monoisotopic (exact) mass is 587 g/mol. The van der Waals surface area contributed by atoms with Gasteiger partial charge in [0.25, 0.3) is 0 Å². The molecule has 2 aromatic rings. The minimum Gasteiger partial charge on any atom is -0.343 e. The van der Waals surface area contributed by atoms with Gasteiger partial charge in [-0.1, -0.05) is 22.0 Å². The number of halogens is 2. The third-order valence-corrected chi connectivity index (χ3v) is 9.21. The molecule has 34 heavy (non-hydrogen) atoms. The second-order valence-corrected chi connectivity index (χ2v) is 12.2. The molecule has 2 unspecified atom stereocenters. The first-order valence-electron chi connectivity index (χ1n) is 12.9. The van der Waals surface area contributed by atoms with E-state index >= 15 is 0 Å². The number of carbonyl (C=O) groups is 1. The molecule has 0 saturated carbocycles. The molecule has 3 heterocycles. The van der Waals surface area contributed by atoms with E-state index in [9.17, 15) is 4.79 Å². The first-order valence-corrected chi connectivity index (χ1v) is 14.5. The number of benzene rings is 1. The summed E-state index contributed by atoms with van der Waals surface area (Å²) in [7, 11) is 0. The lowest BCUT2D eigenvalue weighted by Crippen LogP contribution is -2.40. The van der Waals surface area contributed by atoms with Crippen LogP contribution in [-0.2, 0) is 17.6 Å². The molecular formula is C28H35Br2N3O. The van der Waals surface area contributed by atoms with Gasteiger partial charge in [-0.3, -0.25) is 9.78 Å². The number of carbonyl (C=O) groups excluding carboxylic acids is 1. The summed E-state index contributed by atoms with van der Waals surface area (Å²) in [6, 6.07) is 6.90. The highest BCUT2D eigenvalue weighted by atomic mass is 79.9. The summed E-state index contributed by atoms with van der Waals surface area (Å²) in [6.07, 6.45) is 10.3. The van der Waals surface area contributed by atoms with Crippen LogP contribution in [0.25, 0.3) is 0 Å². The molecule has 2 fully saturated rings. The van der Waals surface area contributed by atoms with Gasteiger partial charge in [-0.25, -0.2) is 0 Å². The van der Waals surface area contributed by atoms with Gasteiger partial charge >= 0.3 is 0 Å². The molecule has 0 radical (unpaired) electrons. The lowest BCUT2D eigenvalue weighted by molar-refractivity contribution is -0.133. The van der Waals surface area contributed by atoms with Gasteiger partial charge in [-0.15, -0.1) is 0 Å². The van der Waals surface area contributed by atoms with Crippen molar-refractivity contribution in [3.05, 3.63) is 61.3 Å². The predicted molar refractivity (Wildman–Crippen MR) is 144 cm³/mol. The number of hydrogen-bond donors (Lipinski definition) is 1. The standard InChI is InChI=1S/C28H35Br2N3O/c1-18-13-21-4-5-22-16-23(29)17-32-28(22)27(26(21)24(30)14-18)20-7-11-33(12-8-20)25(34)15-19-3-2-9-31-10-6-19/h13-14,16-17,19-20,27,31H,2-12,15H2,1H3. The lowest BCUT2D eigenvalue weighted by atomic mass is 9.76. The summed E-state index contributed by atoms with van der Waals surface area (Å²) in [4.78, 5) is 20.3. The largest absolute Gasteiger partial charge is 0.343 e. The predicted octanol–water partition coefficient (Wildman–Crippen LogP) is 6.16. The van der Waals surface area contributed by atoms with Crippen molar-refractivity contribution in [3.63, 3.8) is 0 Å². The van der Waals surface area contributed by atoms with Crippen LogP contribution in [0, 0.1) is 18.8 Å². The Kier molecular flexibility index (Phi) is 7.76. The number of fused-ring (bicyclic) bond motifs is 2. The smallest absolute Gasteiger partial charge is 0.222 e. The molecule has 182 valence electrons. The van der Waals surface area contributed by atoms with Gasteiger partial charge < -0.3 is 10.2 Å². The SMILES string of the molecule is Cc1cc(Br)c2c(c1)CCc1cc(Br)cnc1C2C1CCN(C(=O)CC2CCCNCC2)CC1. The van der Waals surface area contributed by atoms with E-state index in [1.807, 2.05) is 6.20 Å². The first-order chi connectivity index (χ1) is 16.5. The van der Waals surface area contributed by atoms with Crippen molar-refractivity contribution in [1.29, 1.82) is 0 Å². The average molecular weight is 589 g/mol. The maximum Gasteiger partial charge on any atom is 0.222 e. The zero-order chi connectivity index (χ0) is 23.7. The number of nitrogens with zero attached hydrogens (tertiary/aromatic N) is 2. The van der Waals surface area contributed by atoms with Crippen molar-refractivity contribution in [2.24, 2.45) is 11.8 Å². The molecular weight excluding hydrogens is 554 g/mol. The Morgan fingerprint density at radius 2 is 1.85 bits per heavy atom. The first kappa shape index (κ1) is 24.5. The van der Waals surface area contributed by atoms with Crippen LogP contribution in [0.3, 0.4) is 0 Å². The highest BCUT2D eigenvalue weighted by Gasteiger charge is 2.36. The number of rotatable bonds is 3. The molecule has 1 aliphatic carbocycles. The number of aromatic nitrogens is 1. The molecule has 2 atom stereocenters. The molecule has 3 aliphatic rings. The van der Waals surface area contributed by atoms with E-state index < -0.39 is 0 Å². The Balaban J connectivity index is 1.36. The Labute approximate surface area is 220 Å². The fourth-order valence-corrected chi connectivity index (χ4v) is 7.61. The molecule has 2 saturated heterocycles. The second-order valence-electron chi connectivity index (χ2n) is 10.5. The highest BCUT2D eigenvalue weighted by Crippen LogP contribution is 2.45. The lowest BCUT2D eigenvalue weighted by Gasteiger charge is -2.37. The third kappa shape index (κ3) is 5.29. The molecule has 0 spiro atoms. The maximum absolute atomic E-state index is 13.1. The van der Waals surface area contributed by atoms with Crippen LogP contribution in [0.2, 0.25) is 0 Å². The molecule has 1 aromatic carbocycles. The minimum atomic E-state index is 0.278. The normalized spacial score (nSPS) is 23.6. The summed E-state index contributed by atoms with van der Waals surface area (Å²) in [6.45, 7) is 6.07. The van der Waals surface area contributed by atoms with Crippen molar-refractivity contribution in [1.82, 2.24) is 15.2 Å². The van der Waals surface area contributed by atoms with Crippen LogP contribution < -0.4 is 5.32 Å². The molecule has 4 nitrogen and oxygen atoms in total. The van der Waals surface area contributed by atoms with E-state index in [1.54, 1.807) is 0 Å². The number of amides is 1. The maximum atomic E-state index is 13.1. The van der Waals surface area contributed by atoms with Crippen LogP contribution >= 0.6 is 31.9 Å². The molecule has 2 aliphatic heterocycles. The Hall–Kier alpha value is -1.24. The molecule has 1 N–H and O–H groups in total. The number of nitrogens with one attached hydrogen (secondary N) is 1. The number of aryl methyl sites for hydroxylation is 3. The van der Waals surface area contributed by atoms with Crippen molar-refractivity contribution in [3.8, 4) is 0 Å². The topological polar surface area (TPSA) is 45.2 Å². The summed E-state index contributed by atoms with van der Waals surface area (Å²) < 4.78 is 2.27. The van der Waals surface area contributed by atoms with E-state index in [0.29, 0.717) is 17.7 Å². The Morgan fingerprint density at radius 1 is 1.06 bits per heavy atom. The van der Waals surface area contributed by atoms with Gasteiger partial charge in [0.05, 0.1) is 5.69 Å². The summed E-state index contributed by atoms with van der Waals surface area (Å²) in [5.41, 5.74) is 6.78. The van der Waals surface area contributed by atoms with Gasteiger partial charge in [-0.05, 0) is 127 Å². The highest BCUT2D eigenvalue weighted by molar-refractivity contribution is 9.10. The van der Waals surface area contributed by atoms with Gasteiger partial charge in [0.1, 0.15) is 0 Å². The molecule has 5 rings (SSSR count). The number of pyridine rings is 1. The number of hydrogen-bond acceptors (Lipinski definition) is 3. The van der Waals surface area contributed by atoms with Crippen molar-refractivity contribution in [2.45, 2.75) is 64.2 Å². The van der Waals surface area contributed by atoms with Crippen molar-refractivity contribution in [2.75, 3.05) is 26.2 Å². The fourth-order valence-electron chi connectivity index (χ4n) is 6.37. The molecule has 6 heteroatoms. The third-order valence-electron chi connectivity index (χ3n) is 8.12. The van der Waals surface area contributed by atoms with Crippen molar-refractivity contribution >= 4 is 37.8 Å². The Bertz CT molecular complexity index is 1040. The fraction of sp³-hybridized carbons (Fsp3) is 0.571. The average Bonchev–Trinajstić information content (AvgIpc) is 3.17. The van der Waals surface area contributed by atoms with Crippen LogP contribution in [0.1, 0.15) is 72.4 Å². The summed E-state index contributed by atoms with van der Waals surface area (Å²) in [5.74, 6) is 1.68. The van der Waals surface area contributed by atoms with Crippen molar-refractivity contribution < 1.29 is 4.79 Å². The zero-order valence-electron chi connectivity index (χ0n) is 20.1. The molecule has 1 aromatic heterocycles. The zero-order valence-corrected chi connectivity index (χ0v) is 23.3. The van der Waals surface area contributed by atoms with Gasteiger partial charge in [0.2, 0.25) is 5.91 Å². The molecule has 0 bridgehead atoms. The van der Waals surface area contributed by atoms with Gasteiger partial charge in [0.15, 0.2) is 0 Å². The van der Waals surface area contributed by atoms with Gasteiger partial charge in [0, 0.05) is 40.6 Å². The summed E-state index contributed by atoms with van der Waals surface area (Å²) >= 11 is 7.57. The molecule has 1 amide bonds. The Morgan fingerprint density at radius 3 is 2.68 bits per heavy atom. The van der Waals surface area contributed by atoms with Gasteiger partial charge in [-0.2, -0.15) is 0 Å². The quantitative estimate of drug-likeness (QED) is 0.467. The van der Waals surface area contributed by atoms with E-state index in [0.717, 1.165) is 69.2 Å². The summed E-state index contributed by atoms with van der Waals surface area (Å²) in [5, 5.41) is 3.47. The van der Waals surface area contributed by atoms with E-state index in [1.165, 1.54) is 45.3 Å². The van der Waals surface area contributed by atoms with Crippen LogP contribution in [0.15, 0.2) is 33.3 Å². The van der Waals surface area contributed by atoms with E-state index in [-0.39, 0.29) is 5.92 Å². The van der Waals surface area contributed by atoms with Crippen LogP contribution in [0.4, 0.5) is 0 Å².